The lowest BCUT2D eigenvalue weighted by Crippen LogP contribution is -2.15. The number of amides is 1. The van der Waals surface area contributed by atoms with E-state index in [4.69, 9.17) is 0 Å². The Hall–Kier alpha value is -2.25. The van der Waals surface area contributed by atoms with Crippen molar-refractivity contribution in [1.82, 2.24) is 30.4 Å². The number of hydrogen-bond acceptors (Lipinski definition) is 5. The van der Waals surface area contributed by atoms with Crippen LogP contribution in [-0.2, 0) is 0 Å². The summed E-state index contributed by atoms with van der Waals surface area (Å²) in [6.07, 6.45) is 0. The van der Waals surface area contributed by atoms with Crippen LogP contribution in [0.2, 0.25) is 0 Å². The summed E-state index contributed by atoms with van der Waals surface area (Å²) in [6, 6.07) is 0.236. The van der Waals surface area contributed by atoms with Gasteiger partial charge in [0.1, 0.15) is 0 Å². The first-order valence-electron chi connectivity index (χ1n) is 5.61. The molecule has 1 amide bonds. The van der Waals surface area contributed by atoms with Gasteiger partial charge < -0.3 is 5.32 Å². The van der Waals surface area contributed by atoms with Crippen LogP contribution in [0, 0.1) is 13.8 Å². The Morgan fingerprint density at radius 1 is 1.39 bits per heavy atom. The number of carbonyl (C=O) groups is 1. The van der Waals surface area contributed by atoms with E-state index in [1.165, 1.54) is 0 Å². The first-order chi connectivity index (χ1) is 8.50. The fourth-order valence-electron chi connectivity index (χ4n) is 1.77. The molecule has 2 N–H and O–H groups in total. The monoisotopic (exact) mass is 249 g/mol. The molecule has 0 bridgehead atoms. The molecular weight excluding hydrogens is 234 g/mol. The van der Waals surface area contributed by atoms with Gasteiger partial charge in [-0.15, -0.1) is 10.2 Å². The standard InChI is InChI=1S/C10H15N7O/c1-5(2)17-7(4)8(6(3)14-17)11-10(18)9-12-15-16-13-9/h5H,1-4H3,(H,11,18)(H,12,13,15,16). The number of aromatic nitrogens is 6. The topological polar surface area (TPSA) is 101 Å². The van der Waals surface area contributed by atoms with Gasteiger partial charge in [0.05, 0.1) is 17.1 Å². The van der Waals surface area contributed by atoms with Crippen molar-refractivity contribution in [3.05, 3.63) is 17.2 Å². The van der Waals surface area contributed by atoms with Gasteiger partial charge in [-0.25, -0.2) is 0 Å². The molecule has 8 heteroatoms. The smallest absolute Gasteiger partial charge is 0.297 e. The van der Waals surface area contributed by atoms with Crippen molar-refractivity contribution < 1.29 is 4.79 Å². The number of anilines is 1. The lowest BCUT2D eigenvalue weighted by molar-refractivity contribution is 0.101. The summed E-state index contributed by atoms with van der Waals surface area (Å²) in [6.45, 7) is 7.82. The van der Waals surface area contributed by atoms with Crippen LogP contribution < -0.4 is 5.32 Å². The lowest BCUT2D eigenvalue weighted by Gasteiger charge is -2.08. The molecule has 8 nitrogen and oxygen atoms in total. The number of hydrogen-bond donors (Lipinski definition) is 2. The van der Waals surface area contributed by atoms with Crippen LogP contribution in [0.5, 0.6) is 0 Å². The molecule has 2 rings (SSSR count). The Balaban J connectivity index is 2.27. The highest BCUT2D eigenvalue weighted by molar-refractivity contribution is 6.02. The fourth-order valence-corrected chi connectivity index (χ4v) is 1.77. The number of aromatic amines is 1. The number of H-pyrrole nitrogens is 1. The third-order valence-corrected chi connectivity index (χ3v) is 2.60. The van der Waals surface area contributed by atoms with Gasteiger partial charge in [-0.05, 0) is 32.9 Å². The number of nitrogens with one attached hydrogen (secondary N) is 2. The number of tetrazole rings is 1. The fraction of sp³-hybridized carbons (Fsp3) is 0.500. The zero-order valence-corrected chi connectivity index (χ0v) is 10.7. The number of carbonyl (C=O) groups excluding carboxylic acids is 1. The quantitative estimate of drug-likeness (QED) is 0.839. The Kier molecular flexibility index (Phi) is 3.09. The largest absolute Gasteiger partial charge is 0.316 e. The third-order valence-electron chi connectivity index (χ3n) is 2.60. The zero-order chi connectivity index (χ0) is 13.3. The van der Waals surface area contributed by atoms with Gasteiger partial charge in [0.25, 0.3) is 11.7 Å². The van der Waals surface area contributed by atoms with Crippen LogP contribution in [0.4, 0.5) is 5.69 Å². The maximum atomic E-state index is 11.8. The molecule has 0 spiro atoms. The normalized spacial score (nSPS) is 10.9. The van der Waals surface area contributed by atoms with Crippen molar-refractivity contribution in [2.45, 2.75) is 33.7 Å². The maximum absolute atomic E-state index is 11.8. The van der Waals surface area contributed by atoms with Crippen LogP contribution in [-0.4, -0.2) is 36.3 Å². The van der Waals surface area contributed by atoms with E-state index in [0.717, 1.165) is 11.4 Å². The SMILES string of the molecule is Cc1nn(C(C)C)c(C)c1NC(=O)c1nn[nH]n1. The van der Waals surface area contributed by atoms with Crippen molar-refractivity contribution in [3.63, 3.8) is 0 Å². The minimum Gasteiger partial charge on any atom is -0.316 e. The number of nitrogens with zero attached hydrogens (tertiary/aromatic N) is 5. The first kappa shape index (κ1) is 12.2. The van der Waals surface area contributed by atoms with Crippen molar-refractivity contribution >= 4 is 11.6 Å². The summed E-state index contributed by atoms with van der Waals surface area (Å²) < 4.78 is 1.86. The van der Waals surface area contributed by atoms with Gasteiger partial charge in [0.2, 0.25) is 0 Å². The second-order valence-electron chi connectivity index (χ2n) is 4.27. The van der Waals surface area contributed by atoms with E-state index < -0.39 is 5.91 Å². The van der Waals surface area contributed by atoms with Crippen LogP contribution in [0.15, 0.2) is 0 Å². The first-order valence-corrected chi connectivity index (χ1v) is 5.61. The Morgan fingerprint density at radius 3 is 2.61 bits per heavy atom. The van der Waals surface area contributed by atoms with E-state index in [0.29, 0.717) is 5.69 Å². The van der Waals surface area contributed by atoms with Crippen molar-refractivity contribution in [2.75, 3.05) is 5.32 Å². The molecule has 0 aromatic carbocycles. The molecule has 18 heavy (non-hydrogen) atoms. The lowest BCUT2D eigenvalue weighted by atomic mass is 10.3. The third kappa shape index (κ3) is 2.08. The van der Waals surface area contributed by atoms with Gasteiger partial charge in [-0.2, -0.15) is 10.3 Å². The van der Waals surface area contributed by atoms with E-state index in [-0.39, 0.29) is 11.9 Å². The molecule has 0 radical (unpaired) electrons. The van der Waals surface area contributed by atoms with Crippen molar-refractivity contribution in [3.8, 4) is 0 Å². The Bertz CT molecular complexity index is 555. The van der Waals surface area contributed by atoms with Crippen LogP contribution in [0.1, 0.15) is 41.9 Å². The minimum atomic E-state index is -0.404. The molecule has 2 aromatic heterocycles. The average molecular weight is 249 g/mol. The van der Waals surface area contributed by atoms with E-state index in [1.807, 2.05) is 32.4 Å². The predicted octanol–water partition coefficient (Wildman–Crippen LogP) is 0.846. The predicted molar refractivity (Wildman–Crippen MR) is 64.2 cm³/mol. The maximum Gasteiger partial charge on any atom is 0.297 e. The van der Waals surface area contributed by atoms with E-state index in [2.05, 4.69) is 31.0 Å². The summed E-state index contributed by atoms with van der Waals surface area (Å²) in [5, 5.41) is 20.0. The highest BCUT2D eigenvalue weighted by Gasteiger charge is 2.18. The van der Waals surface area contributed by atoms with Crippen LogP contribution in [0.3, 0.4) is 0 Å². The zero-order valence-electron chi connectivity index (χ0n) is 10.7. The number of aryl methyl sites for hydroxylation is 1. The van der Waals surface area contributed by atoms with Crippen molar-refractivity contribution in [2.24, 2.45) is 0 Å². The molecule has 2 heterocycles. The van der Waals surface area contributed by atoms with Gasteiger partial charge in [-0.3, -0.25) is 9.48 Å². The summed E-state index contributed by atoms with van der Waals surface area (Å²) in [5.41, 5.74) is 2.36. The molecule has 0 aliphatic carbocycles. The molecule has 0 aliphatic rings. The van der Waals surface area contributed by atoms with Crippen molar-refractivity contribution in [1.29, 1.82) is 0 Å². The molecule has 0 aliphatic heterocycles. The molecule has 2 aromatic rings. The van der Waals surface area contributed by atoms with Crippen LogP contribution >= 0.6 is 0 Å². The summed E-state index contributed by atoms with van der Waals surface area (Å²) in [7, 11) is 0. The Morgan fingerprint density at radius 2 is 2.11 bits per heavy atom. The molecule has 96 valence electrons. The number of rotatable bonds is 3. The van der Waals surface area contributed by atoms with Crippen LogP contribution in [0.25, 0.3) is 0 Å². The summed E-state index contributed by atoms with van der Waals surface area (Å²) in [4.78, 5) is 11.8. The van der Waals surface area contributed by atoms with E-state index >= 15 is 0 Å². The molecule has 0 unspecified atom stereocenters. The molecular formula is C10H15N7O. The Labute approximate surface area is 104 Å². The highest BCUT2D eigenvalue weighted by atomic mass is 16.2. The van der Waals surface area contributed by atoms with Gasteiger partial charge in [-0.1, -0.05) is 0 Å². The summed E-state index contributed by atoms with van der Waals surface area (Å²) >= 11 is 0. The summed E-state index contributed by atoms with van der Waals surface area (Å²) in [5.74, 6) is -0.399. The molecule has 0 fully saturated rings. The molecule has 0 saturated heterocycles. The van der Waals surface area contributed by atoms with E-state index in [9.17, 15) is 4.79 Å². The van der Waals surface area contributed by atoms with Gasteiger partial charge in [0.15, 0.2) is 0 Å². The van der Waals surface area contributed by atoms with Gasteiger partial charge >= 0.3 is 0 Å². The highest BCUT2D eigenvalue weighted by Crippen LogP contribution is 2.22. The average Bonchev–Trinajstić information content (AvgIpc) is 2.92. The second-order valence-corrected chi connectivity index (χ2v) is 4.27. The van der Waals surface area contributed by atoms with E-state index in [1.54, 1.807) is 0 Å². The molecule has 0 saturated carbocycles. The molecule has 0 atom stereocenters. The minimum absolute atomic E-state index is 0.00565. The van der Waals surface area contributed by atoms with Gasteiger partial charge in [0, 0.05) is 6.04 Å². The second kappa shape index (κ2) is 4.55.